The number of fused-ring (bicyclic) bond motifs is 1. The van der Waals surface area contributed by atoms with E-state index in [1.54, 1.807) is 29.0 Å². The predicted molar refractivity (Wildman–Crippen MR) is 88.4 cm³/mol. The summed E-state index contributed by atoms with van der Waals surface area (Å²) in [6.07, 6.45) is 2.61. The standard InChI is InChI=1S/C17H13FN4O4/c18-13-4-1-11(2-5-13)12-3-6-16(19-7-12)26-14-8-21-9-15(22(23)24)20-17(21)25-10-14/h1-7,9,14H,8,10H2/t14-/m1/s1. The molecule has 0 unspecified atom stereocenters. The predicted octanol–water partition coefficient (Wildman–Crippen LogP) is 2.83. The summed E-state index contributed by atoms with van der Waals surface area (Å²) in [4.78, 5) is 18.2. The van der Waals surface area contributed by atoms with Crippen LogP contribution >= 0.6 is 0 Å². The van der Waals surface area contributed by atoms with Crippen molar-refractivity contribution in [3.05, 3.63) is 64.7 Å². The molecule has 2 aromatic heterocycles. The lowest BCUT2D eigenvalue weighted by Gasteiger charge is -2.22. The fourth-order valence-electron chi connectivity index (χ4n) is 2.66. The fourth-order valence-corrected chi connectivity index (χ4v) is 2.66. The van der Waals surface area contributed by atoms with Crippen LogP contribution in [0.1, 0.15) is 0 Å². The number of hydrogen-bond donors (Lipinski definition) is 0. The maximum absolute atomic E-state index is 13.0. The zero-order chi connectivity index (χ0) is 18.1. The van der Waals surface area contributed by atoms with Crippen molar-refractivity contribution in [2.45, 2.75) is 12.6 Å². The van der Waals surface area contributed by atoms with Crippen LogP contribution in [0.25, 0.3) is 11.1 Å². The van der Waals surface area contributed by atoms with Gasteiger partial charge in [0.25, 0.3) is 0 Å². The van der Waals surface area contributed by atoms with Crippen LogP contribution in [0.15, 0.2) is 48.8 Å². The molecule has 3 heterocycles. The first-order chi connectivity index (χ1) is 12.6. The molecular weight excluding hydrogens is 343 g/mol. The molecule has 0 N–H and O–H groups in total. The normalized spacial score (nSPS) is 15.8. The van der Waals surface area contributed by atoms with Crippen LogP contribution in [0.3, 0.4) is 0 Å². The average molecular weight is 356 g/mol. The van der Waals surface area contributed by atoms with E-state index >= 15 is 0 Å². The highest BCUT2D eigenvalue weighted by atomic mass is 19.1. The Bertz CT molecular complexity index is 940. The molecule has 4 rings (SSSR count). The van der Waals surface area contributed by atoms with Gasteiger partial charge in [0.2, 0.25) is 5.88 Å². The van der Waals surface area contributed by atoms with Crippen molar-refractivity contribution in [1.29, 1.82) is 0 Å². The van der Waals surface area contributed by atoms with E-state index in [0.29, 0.717) is 12.4 Å². The van der Waals surface area contributed by atoms with Crippen LogP contribution in [-0.4, -0.2) is 32.2 Å². The quantitative estimate of drug-likeness (QED) is 0.527. The SMILES string of the molecule is O=[N+]([O-])c1cn2c(n1)OC[C@H](Oc1ccc(-c3ccc(F)cc3)cn1)C2. The second-order valence-electron chi connectivity index (χ2n) is 5.73. The molecule has 26 heavy (non-hydrogen) atoms. The molecule has 1 aliphatic heterocycles. The lowest BCUT2D eigenvalue weighted by Crippen LogP contribution is -2.34. The van der Waals surface area contributed by atoms with E-state index in [0.717, 1.165) is 11.1 Å². The Morgan fingerprint density at radius 1 is 1.23 bits per heavy atom. The molecule has 8 nitrogen and oxygen atoms in total. The van der Waals surface area contributed by atoms with Gasteiger partial charge in [-0.25, -0.2) is 9.37 Å². The van der Waals surface area contributed by atoms with Crippen molar-refractivity contribution < 1.29 is 18.8 Å². The Labute approximate surface area is 147 Å². The van der Waals surface area contributed by atoms with E-state index in [4.69, 9.17) is 9.47 Å². The van der Waals surface area contributed by atoms with Gasteiger partial charge in [-0.1, -0.05) is 12.1 Å². The molecule has 1 aromatic carbocycles. The summed E-state index contributed by atoms with van der Waals surface area (Å²) in [5, 5.41) is 10.8. The Morgan fingerprint density at radius 2 is 2.00 bits per heavy atom. The molecule has 9 heteroatoms. The second-order valence-corrected chi connectivity index (χ2v) is 5.73. The summed E-state index contributed by atoms with van der Waals surface area (Å²) in [5.74, 6) is -0.150. The number of hydrogen-bond acceptors (Lipinski definition) is 6. The molecule has 0 aliphatic carbocycles. The first-order valence-electron chi connectivity index (χ1n) is 7.81. The first kappa shape index (κ1) is 16.0. The molecule has 1 aliphatic rings. The van der Waals surface area contributed by atoms with E-state index in [1.807, 2.05) is 6.07 Å². The van der Waals surface area contributed by atoms with Crippen LogP contribution in [0.2, 0.25) is 0 Å². The monoisotopic (exact) mass is 356 g/mol. The van der Waals surface area contributed by atoms with Crippen LogP contribution < -0.4 is 9.47 Å². The second kappa shape index (κ2) is 6.43. The molecule has 3 aromatic rings. The molecule has 0 fully saturated rings. The van der Waals surface area contributed by atoms with Crippen LogP contribution in [-0.2, 0) is 6.54 Å². The smallest absolute Gasteiger partial charge is 0.414 e. The van der Waals surface area contributed by atoms with E-state index in [-0.39, 0.29) is 30.4 Å². The largest absolute Gasteiger partial charge is 0.469 e. The topological polar surface area (TPSA) is 92.3 Å². The minimum Gasteiger partial charge on any atom is -0.469 e. The average Bonchev–Trinajstić information content (AvgIpc) is 3.07. The molecule has 1 atom stereocenters. The van der Waals surface area contributed by atoms with Crippen molar-refractivity contribution in [2.24, 2.45) is 0 Å². The van der Waals surface area contributed by atoms with Gasteiger partial charge in [0.05, 0.1) is 6.54 Å². The van der Waals surface area contributed by atoms with Gasteiger partial charge >= 0.3 is 11.8 Å². The molecule has 0 bridgehead atoms. The number of rotatable bonds is 4. The first-order valence-corrected chi connectivity index (χ1v) is 7.81. The van der Waals surface area contributed by atoms with Gasteiger partial charge in [-0.15, -0.1) is 0 Å². The summed E-state index contributed by atoms with van der Waals surface area (Å²) >= 11 is 0. The van der Waals surface area contributed by atoms with Crippen molar-refractivity contribution >= 4 is 5.82 Å². The summed E-state index contributed by atoms with van der Waals surface area (Å²) in [7, 11) is 0. The third-order valence-electron chi connectivity index (χ3n) is 3.91. The maximum atomic E-state index is 13.0. The molecule has 132 valence electrons. The highest BCUT2D eigenvalue weighted by molar-refractivity contribution is 5.62. The lowest BCUT2D eigenvalue weighted by atomic mass is 10.1. The third kappa shape index (κ3) is 3.18. The van der Waals surface area contributed by atoms with Crippen LogP contribution in [0.4, 0.5) is 10.2 Å². The highest BCUT2D eigenvalue weighted by Crippen LogP contribution is 2.24. The van der Waals surface area contributed by atoms with E-state index in [2.05, 4.69) is 9.97 Å². The number of ether oxygens (including phenoxy) is 2. The third-order valence-corrected chi connectivity index (χ3v) is 3.91. The van der Waals surface area contributed by atoms with Crippen molar-refractivity contribution in [3.8, 4) is 23.0 Å². The minimum absolute atomic E-state index is 0.205. The minimum atomic E-state index is -0.569. The number of nitrogens with zero attached hydrogens (tertiary/aromatic N) is 4. The summed E-state index contributed by atoms with van der Waals surface area (Å²) in [6, 6.07) is 9.88. The van der Waals surface area contributed by atoms with E-state index in [9.17, 15) is 14.5 Å². The van der Waals surface area contributed by atoms with Gasteiger partial charge in [0.15, 0.2) is 6.10 Å². The number of benzene rings is 1. The van der Waals surface area contributed by atoms with Crippen LogP contribution in [0.5, 0.6) is 11.9 Å². The molecular formula is C17H13FN4O4. The van der Waals surface area contributed by atoms with Gasteiger partial charge in [-0.2, -0.15) is 0 Å². The number of pyridine rings is 1. The summed E-state index contributed by atoms with van der Waals surface area (Å²) in [6.45, 7) is 0.590. The summed E-state index contributed by atoms with van der Waals surface area (Å²) < 4.78 is 25.7. The van der Waals surface area contributed by atoms with Gasteiger partial charge in [0.1, 0.15) is 18.6 Å². The fraction of sp³-hybridized carbons (Fsp3) is 0.176. The number of nitro groups is 1. The van der Waals surface area contributed by atoms with E-state index < -0.39 is 4.92 Å². The highest BCUT2D eigenvalue weighted by Gasteiger charge is 2.29. The summed E-state index contributed by atoms with van der Waals surface area (Å²) in [5.41, 5.74) is 1.69. The van der Waals surface area contributed by atoms with Crippen molar-refractivity contribution in [3.63, 3.8) is 0 Å². The molecule has 0 spiro atoms. The number of aromatic nitrogens is 3. The number of halogens is 1. The van der Waals surface area contributed by atoms with Gasteiger partial charge < -0.3 is 19.6 Å². The van der Waals surface area contributed by atoms with Crippen molar-refractivity contribution in [2.75, 3.05) is 6.61 Å². The Kier molecular flexibility index (Phi) is 3.96. The van der Waals surface area contributed by atoms with Gasteiger partial charge in [-0.05, 0) is 28.7 Å². The van der Waals surface area contributed by atoms with E-state index in [1.165, 1.54) is 18.3 Å². The molecule has 0 amide bonds. The molecule has 0 saturated carbocycles. The molecule has 0 radical (unpaired) electrons. The molecule has 0 saturated heterocycles. The van der Waals surface area contributed by atoms with Gasteiger partial charge in [0, 0.05) is 22.8 Å². The Morgan fingerprint density at radius 3 is 2.69 bits per heavy atom. The lowest BCUT2D eigenvalue weighted by molar-refractivity contribution is -0.389. The van der Waals surface area contributed by atoms with Crippen molar-refractivity contribution in [1.82, 2.24) is 14.5 Å². The Balaban J connectivity index is 1.44. The zero-order valence-corrected chi connectivity index (χ0v) is 13.4. The van der Waals surface area contributed by atoms with Gasteiger partial charge in [-0.3, -0.25) is 4.57 Å². The number of imidazole rings is 1. The van der Waals surface area contributed by atoms with Crippen LogP contribution in [0, 0.1) is 15.9 Å². The maximum Gasteiger partial charge on any atom is 0.414 e. The zero-order valence-electron chi connectivity index (χ0n) is 13.4. The Hall–Kier alpha value is -3.49.